The van der Waals surface area contributed by atoms with E-state index in [-0.39, 0.29) is 23.0 Å². The highest BCUT2D eigenvalue weighted by Crippen LogP contribution is 2.40. The van der Waals surface area contributed by atoms with Crippen LogP contribution in [0.25, 0.3) is 0 Å². The van der Waals surface area contributed by atoms with Crippen LogP contribution in [0.2, 0.25) is 0 Å². The van der Waals surface area contributed by atoms with E-state index in [4.69, 9.17) is 9.47 Å². The van der Waals surface area contributed by atoms with Gasteiger partial charge in [-0.25, -0.2) is 0 Å². The molecule has 34 heavy (non-hydrogen) atoms. The maximum absolute atomic E-state index is 10.5. The van der Waals surface area contributed by atoms with E-state index in [9.17, 15) is 15.3 Å². The van der Waals surface area contributed by atoms with Gasteiger partial charge in [-0.15, -0.1) is 0 Å². The van der Waals surface area contributed by atoms with E-state index in [1.165, 1.54) is 7.11 Å². The quantitative estimate of drug-likeness (QED) is 0.280. The van der Waals surface area contributed by atoms with E-state index in [1.807, 2.05) is 54.6 Å². The third-order valence-corrected chi connectivity index (χ3v) is 5.68. The Hall–Kier alpha value is -4.12. The minimum absolute atomic E-state index is 0.0219. The second-order valence-corrected chi connectivity index (χ2v) is 8.23. The summed E-state index contributed by atoms with van der Waals surface area (Å²) in [5, 5.41) is 29.8. The largest absolute Gasteiger partial charge is 0.508 e. The summed E-state index contributed by atoms with van der Waals surface area (Å²) in [4.78, 5) is 0. The second kappa shape index (κ2) is 10.7. The summed E-state index contributed by atoms with van der Waals surface area (Å²) in [7, 11) is 1.50. The second-order valence-electron chi connectivity index (χ2n) is 8.23. The van der Waals surface area contributed by atoms with Crippen molar-refractivity contribution >= 4 is 0 Å². The highest BCUT2D eigenvalue weighted by atomic mass is 16.5. The van der Waals surface area contributed by atoms with Crippen LogP contribution in [0.5, 0.6) is 34.5 Å². The van der Waals surface area contributed by atoms with Crippen molar-refractivity contribution in [2.24, 2.45) is 0 Å². The van der Waals surface area contributed by atoms with Crippen LogP contribution < -0.4 is 9.47 Å². The average Bonchev–Trinajstić information content (AvgIpc) is 2.82. The summed E-state index contributed by atoms with van der Waals surface area (Å²) in [5.74, 6) is 1.92. The molecule has 0 aliphatic rings. The summed E-state index contributed by atoms with van der Waals surface area (Å²) in [6, 6.07) is 25.8. The predicted octanol–water partition coefficient (Wildman–Crippen LogP) is 6.17. The fourth-order valence-corrected chi connectivity index (χ4v) is 3.92. The van der Waals surface area contributed by atoms with Crippen molar-refractivity contribution in [2.75, 3.05) is 7.11 Å². The first-order valence-corrected chi connectivity index (χ1v) is 11.2. The molecule has 0 fully saturated rings. The highest BCUT2D eigenvalue weighted by Gasteiger charge is 2.14. The van der Waals surface area contributed by atoms with Gasteiger partial charge in [0.15, 0.2) is 11.5 Å². The molecule has 4 aromatic rings. The number of benzene rings is 4. The molecule has 0 spiro atoms. The zero-order chi connectivity index (χ0) is 23.9. The molecule has 0 saturated carbocycles. The van der Waals surface area contributed by atoms with Crippen LogP contribution in [0.1, 0.15) is 22.3 Å². The smallest absolute Gasteiger partial charge is 0.203 e. The van der Waals surface area contributed by atoms with Crippen LogP contribution in [0, 0.1) is 0 Å². The lowest BCUT2D eigenvalue weighted by molar-refractivity contribution is 0.348. The summed E-state index contributed by atoms with van der Waals surface area (Å²) in [6.45, 7) is 0. The molecule has 174 valence electrons. The number of methoxy groups -OCH3 is 1. The zero-order valence-corrected chi connectivity index (χ0v) is 19.1. The van der Waals surface area contributed by atoms with Crippen LogP contribution in [-0.4, -0.2) is 22.4 Å². The molecule has 0 bridgehead atoms. The number of aromatic hydroxyl groups is 3. The summed E-state index contributed by atoms with van der Waals surface area (Å²) < 4.78 is 11.4. The van der Waals surface area contributed by atoms with Crippen LogP contribution in [-0.2, 0) is 25.7 Å². The lowest BCUT2D eigenvalue weighted by atomic mass is 10.0. The van der Waals surface area contributed by atoms with E-state index in [0.717, 1.165) is 35.1 Å². The SMILES string of the molecule is COc1c(O)cc(CCc2cccc(O)c2)cc1Oc1ccc(CCc2cccc(O)c2)cc1. The Labute approximate surface area is 199 Å². The maximum atomic E-state index is 10.5. The molecule has 0 aliphatic carbocycles. The van der Waals surface area contributed by atoms with E-state index < -0.39 is 0 Å². The van der Waals surface area contributed by atoms with Crippen LogP contribution in [0.4, 0.5) is 0 Å². The molecule has 0 unspecified atom stereocenters. The first kappa shape index (κ1) is 23.1. The molecule has 5 heteroatoms. The van der Waals surface area contributed by atoms with Crippen molar-refractivity contribution in [3.8, 4) is 34.5 Å². The maximum Gasteiger partial charge on any atom is 0.203 e. The van der Waals surface area contributed by atoms with E-state index >= 15 is 0 Å². The van der Waals surface area contributed by atoms with E-state index in [1.54, 1.807) is 30.3 Å². The fraction of sp³-hybridized carbons (Fsp3) is 0.172. The molecular formula is C29H28O5. The molecular weight excluding hydrogens is 428 g/mol. The first-order valence-electron chi connectivity index (χ1n) is 11.2. The monoisotopic (exact) mass is 456 g/mol. The average molecular weight is 457 g/mol. The Morgan fingerprint density at radius 3 is 1.71 bits per heavy atom. The van der Waals surface area contributed by atoms with Crippen molar-refractivity contribution in [2.45, 2.75) is 25.7 Å². The van der Waals surface area contributed by atoms with Gasteiger partial charge in [0.1, 0.15) is 17.2 Å². The fourth-order valence-electron chi connectivity index (χ4n) is 3.92. The van der Waals surface area contributed by atoms with Crippen LogP contribution in [0.15, 0.2) is 84.9 Å². The number of hydrogen-bond donors (Lipinski definition) is 3. The minimum Gasteiger partial charge on any atom is -0.508 e. The van der Waals surface area contributed by atoms with Crippen molar-refractivity contribution in [3.05, 3.63) is 107 Å². The van der Waals surface area contributed by atoms with Gasteiger partial charge in [0, 0.05) is 0 Å². The standard InChI is InChI=1S/C29H28O5/c1-33-29-27(32)18-23(11-10-22-5-3-7-25(31)17-22)19-28(29)34-26-14-12-20(13-15-26)8-9-21-4-2-6-24(30)16-21/h2-7,12-19,30-32H,8-11H2,1H3. The van der Waals surface area contributed by atoms with Gasteiger partial charge in [-0.05, 0) is 96.5 Å². The van der Waals surface area contributed by atoms with Gasteiger partial charge in [-0.2, -0.15) is 0 Å². The lowest BCUT2D eigenvalue weighted by Crippen LogP contribution is -1.96. The van der Waals surface area contributed by atoms with Crippen LogP contribution in [0.3, 0.4) is 0 Å². The molecule has 0 atom stereocenters. The van der Waals surface area contributed by atoms with Crippen molar-refractivity contribution in [3.63, 3.8) is 0 Å². The topological polar surface area (TPSA) is 79.2 Å². The molecule has 0 aliphatic heterocycles. The molecule has 4 aromatic carbocycles. The third-order valence-electron chi connectivity index (χ3n) is 5.68. The van der Waals surface area contributed by atoms with Crippen molar-refractivity contribution in [1.29, 1.82) is 0 Å². The molecule has 0 aromatic heterocycles. The molecule has 0 amide bonds. The van der Waals surface area contributed by atoms with Gasteiger partial charge in [0.25, 0.3) is 0 Å². The molecule has 0 radical (unpaired) electrons. The van der Waals surface area contributed by atoms with Gasteiger partial charge < -0.3 is 24.8 Å². The van der Waals surface area contributed by atoms with Gasteiger partial charge >= 0.3 is 0 Å². The molecule has 0 heterocycles. The number of phenols is 3. The number of rotatable bonds is 9. The minimum atomic E-state index is 0.0219. The summed E-state index contributed by atoms with van der Waals surface area (Å²) in [6.07, 6.45) is 3.06. The Bertz CT molecular complexity index is 1250. The van der Waals surface area contributed by atoms with Crippen molar-refractivity contribution in [1.82, 2.24) is 0 Å². The molecule has 0 saturated heterocycles. The number of phenolic OH excluding ortho intramolecular Hbond substituents is 3. The van der Waals surface area contributed by atoms with E-state index in [0.29, 0.717) is 24.3 Å². The Morgan fingerprint density at radius 2 is 1.15 bits per heavy atom. The Kier molecular flexibility index (Phi) is 7.23. The van der Waals surface area contributed by atoms with Gasteiger partial charge in [0.05, 0.1) is 7.11 Å². The van der Waals surface area contributed by atoms with Gasteiger partial charge in [-0.1, -0.05) is 36.4 Å². The highest BCUT2D eigenvalue weighted by molar-refractivity contribution is 5.54. The molecule has 5 nitrogen and oxygen atoms in total. The van der Waals surface area contributed by atoms with Crippen LogP contribution >= 0.6 is 0 Å². The summed E-state index contributed by atoms with van der Waals surface area (Å²) in [5.41, 5.74) is 4.16. The number of hydrogen-bond acceptors (Lipinski definition) is 5. The lowest BCUT2D eigenvalue weighted by Gasteiger charge is -2.14. The molecule has 4 rings (SSSR count). The van der Waals surface area contributed by atoms with Crippen molar-refractivity contribution < 1.29 is 24.8 Å². The zero-order valence-electron chi connectivity index (χ0n) is 19.1. The predicted molar refractivity (Wildman–Crippen MR) is 132 cm³/mol. The molecule has 3 N–H and O–H groups in total. The number of ether oxygens (including phenoxy) is 2. The van der Waals surface area contributed by atoms with Gasteiger partial charge in [-0.3, -0.25) is 0 Å². The summed E-state index contributed by atoms with van der Waals surface area (Å²) >= 11 is 0. The normalized spacial score (nSPS) is 10.7. The number of aryl methyl sites for hydroxylation is 4. The van der Waals surface area contributed by atoms with Gasteiger partial charge in [0.2, 0.25) is 5.75 Å². The Balaban J connectivity index is 1.44. The Morgan fingerprint density at radius 1 is 0.588 bits per heavy atom. The third kappa shape index (κ3) is 6.01. The first-order chi connectivity index (χ1) is 16.5. The van der Waals surface area contributed by atoms with E-state index in [2.05, 4.69) is 0 Å².